The van der Waals surface area contributed by atoms with Crippen LogP contribution >= 0.6 is 15.9 Å². The molecule has 0 unspecified atom stereocenters. The number of carbonyl (C=O) groups is 1. The highest BCUT2D eigenvalue weighted by atomic mass is 79.9. The van der Waals surface area contributed by atoms with E-state index in [0.717, 1.165) is 5.56 Å². The standard InChI is InChI=1S/C19H20BrNO5/c1-23-15-6-5-11(8-14(15)21)7-13(20)18(22)12-9-16(24-2)19(26-4)17(10-12)25-3/h5-10H,21H2,1-4H3. The molecule has 0 aliphatic carbocycles. The number of hydrogen-bond donors (Lipinski definition) is 1. The van der Waals surface area contributed by atoms with Crippen LogP contribution in [0.5, 0.6) is 23.0 Å². The maximum absolute atomic E-state index is 12.8. The fraction of sp³-hybridized carbons (Fsp3) is 0.211. The third-order valence-electron chi connectivity index (χ3n) is 3.69. The van der Waals surface area contributed by atoms with Crippen LogP contribution in [0.4, 0.5) is 5.69 Å². The average Bonchev–Trinajstić information content (AvgIpc) is 2.66. The molecule has 0 aromatic heterocycles. The summed E-state index contributed by atoms with van der Waals surface area (Å²) in [5.41, 5.74) is 7.54. The van der Waals surface area contributed by atoms with Crippen molar-refractivity contribution in [1.82, 2.24) is 0 Å². The molecule has 0 bridgehead atoms. The minimum Gasteiger partial charge on any atom is -0.495 e. The van der Waals surface area contributed by atoms with Crippen LogP contribution in [-0.4, -0.2) is 34.2 Å². The molecule has 7 heteroatoms. The number of ketones is 1. The molecule has 6 nitrogen and oxygen atoms in total. The topological polar surface area (TPSA) is 80.0 Å². The number of Topliss-reactive ketones (excluding diaryl/α,β-unsaturated/α-hetero) is 1. The van der Waals surface area contributed by atoms with Gasteiger partial charge in [-0.15, -0.1) is 0 Å². The fourth-order valence-electron chi connectivity index (χ4n) is 2.40. The Morgan fingerprint density at radius 2 is 1.50 bits per heavy atom. The summed E-state index contributed by atoms with van der Waals surface area (Å²) in [5, 5.41) is 0. The second kappa shape index (κ2) is 8.62. The van der Waals surface area contributed by atoms with E-state index >= 15 is 0 Å². The first-order valence-electron chi connectivity index (χ1n) is 7.60. The van der Waals surface area contributed by atoms with Gasteiger partial charge in [0.1, 0.15) is 5.75 Å². The van der Waals surface area contributed by atoms with Crippen molar-refractivity contribution in [2.45, 2.75) is 0 Å². The van der Waals surface area contributed by atoms with Crippen molar-refractivity contribution in [3.05, 3.63) is 45.9 Å². The highest BCUT2D eigenvalue weighted by molar-refractivity contribution is 9.12. The van der Waals surface area contributed by atoms with Gasteiger partial charge in [-0.2, -0.15) is 0 Å². The van der Waals surface area contributed by atoms with Gasteiger partial charge in [0.2, 0.25) is 5.75 Å². The molecule has 0 heterocycles. The first-order valence-corrected chi connectivity index (χ1v) is 8.39. The van der Waals surface area contributed by atoms with Gasteiger partial charge in [-0.05, 0) is 51.8 Å². The Morgan fingerprint density at radius 3 is 1.96 bits per heavy atom. The van der Waals surface area contributed by atoms with Crippen LogP contribution in [0.2, 0.25) is 0 Å². The van der Waals surface area contributed by atoms with Crippen molar-refractivity contribution in [1.29, 1.82) is 0 Å². The molecular weight excluding hydrogens is 402 g/mol. The van der Waals surface area contributed by atoms with Crippen molar-refractivity contribution in [3.63, 3.8) is 0 Å². The number of rotatable bonds is 7. The van der Waals surface area contributed by atoms with Gasteiger partial charge in [0.25, 0.3) is 0 Å². The van der Waals surface area contributed by atoms with E-state index in [4.69, 9.17) is 24.7 Å². The molecule has 26 heavy (non-hydrogen) atoms. The number of methoxy groups -OCH3 is 4. The second-order valence-corrected chi connectivity index (χ2v) is 6.09. The normalized spacial score (nSPS) is 11.0. The summed E-state index contributed by atoms with van der Waals surface area (Å²) < 4.78 is 21.3. The van der Waals surface area contributed by atoms with Gasteiger partial charge in [0, 0.05) is 5.56 Å². The zero-order chi connectivity index (χ0) is 19.3. The van der Waals surface area contributed by atoms with Crippen LogP contribution in [-0.2, 0) is 0 Å². The number of allylic oxidation sites excluding steroid dienone is 1. The number of nitrogen functional groups attached to an aromatic ring is 1. The number of benzene rings is 2. The van der Waals surface area contributed by atoms with E-state index in [2.05, 4.69) is 15.9 Å². The maximum atomic E-state index is 12.8. The van der Waals surface area contributed by atoms with E-state index in [0.29, 0.717) is 38.7 Å². The lowest BCUT2D eigenvalue weighted by molar-refractivity contribution is 0.104. The molecule has 0 fully saturated rings. The van der Waals surface area contributed by atoms with Gasteiger partial charge in [-0.3, -0.25) is 4.79 Å². The number of carbonyl (C=O) groups excluding carboxylic acids is 1. The van der Waals surface area contributed by atoms with Crippen molar-refractivity contribution in [3.8, 4) is 23.0 Å². The lowest BCUT2D eigenvalue weighted by Gasteiger charge is -2.13. The van der Waals surface area contributed by atoms with E-state index < -0.39 is 0 Å². The van der Waals surface area contributed by atoms with Crippen LogP contribution < -0.4 is 24.7 Å². The van der Waals surface area contributed by atoms with Gasteiger partial charge in [-0.1, -0.05) is 6.07 Å². The first kappa shape index (κ1) is 19.7. The van der Waals surface area contributed by atoms with Crippen LogP contribution in [0, 0.1) is 0 Å². The molecule has 2 aromatic rings. The summed E-state index contributed by atoms with van der Waals surface area (Å²) in [6, 6.07) is 8.47. The molecule has 2 N–H and O–H groups in total. The van der Waals surface area contributed by atoms with Gasteiger partial charge in [0.05, 0.1) is 38.6 Å². The third-order valence-corrected chi connectivity index (χ3v) is 4.28. The largest absolute Gasteiger partial charge is 0.495 e. The minimum absolute atomic E-state index is 0.237. The van der Waals surface area contributed by atoms with Gasteiger partial charge < -0.3 is 24.7 Å². The van der Waals surface area contributed by atoms with Crippen molar-refractivity contribution < 1.29 is 23.7 Å². The van der Waals surface area contributed by atoms with Crippen molar-refractivity contribution >= 4 is 33.5 Å². The van der Waals surface area contributed by atoms with Crippen molar-refractivity contribution in [2.75, 3.05) is 34.2 Å². The maximum Gasteiger partial charge on any atom is 0.203 e. The molecule has 2 aromatic carbocycles. The summed E-state index contributed by atoms with van der Waals surface area (Å²) in [5.74, 6) is 1.58. The average molecular weight is 422 g/mol. The lowest BCUT2D eigenvalue weighted by atomic mass is 10.1. The Bertz CT molecular complexity index is 823. The first-order chi connectivity index (χ1) is 12.4. The summed E-state index contributed by atoms with van der Waals surface area (Å²) in [6.07, 6.45) is 1.68. The molecule has 0 spiro atoms. The van der Waals surface area contributed by atoms with E-state index in [1.807, 2.05) is 0 Å². The molecule has 138 valence electrons. The van der Waals surface area contributed by atoms with Crippen LogP contribution in [0.25, 0.3) is 6.08 Å². The van der Waals surface area contributed by atoms with Gasteiger partial charge >= 0.3 is 0 Å². The molecule has 2 rings (SSSR count). The minimum atomic E-state index is -0.237. The molecule has 0 saturated carbocycles. The molecular formula is C19H20BrNO5. The van der Waals surface area contributed by atoms with E-state index in [1.54, 1.807) is 43.5 Å². The molecule has 0 amide bonds. The smallest absolute Gasteiger partial charge is 0.203 e. The highest BCUT2D eigenvalue weighted by Gasteiger charge is 2.18. The summed E-state index contributed by atoms with van der Waals surface area (Å²) in [6.45, 7) is 0. The van der Waals surface area contributed by atoms with Gasteiger partial charge in [-0.25, -0.2) is 0 Å². The van der Waals surface area contributed by atoms with Gasteiger partial charge in [0.15, 0.2) is 17.3 Å². The lowest BCUT2D eigenvalue weighted by Crippen LogP contribution is -2.03. The molecule has 0 radical (unpaired) electrons. The zero-order valence-corrected chi connectivity index (χ0v) is 16.5. The molecule has 0 saturated heterocycles. The van der Waals surface area contributed by atoms with Crippen LogP contribution in [0.15, 0.2) is 34.8 Å². The number of halogens is 1. The second-order valence-electron chi connectivity index (χ2n) is 5.24. The number of ether oxygens (including phenoxy) is 4. The third kappa shape index (κ3) is 4.11. The Kier molecular flexibility index (Phi) is 6.52. The fourth-order valence-corrected chi connectivity index (χ4v) is 2.90. The highest BCUT2D eigenvalue weighted by Crippen LogP contribution is 2.39. The Morgan fingerprint density at radius 1 is 0.923 bits per heavy atom. The predicted octanol–water partition coefficient (Wildman–Crippen LogP) is 3.92. The van der Waals surface area contributed by atoms with E-state index in [9.17, 15) is 4.79 Å². The molecule has 0 atom stereocenters. The Hall–Kier alpha value is -2.67. The Labute approximate surface area is 160 Å². The summed E-state index contributed by atoms with van der Waals surface area (Å²) in [4.78, 5) is 12.8. The van der Waals surface area contributed by atoms with E-state index in [-0.39, 0.29) is 5.78 Å². The van der Waals surface area contributed by atoms with Crippen LogP contribution in [0.3, 0.4) is 0 Å². The van der Waals surface area contributed by atoms with Crippen molar-refractivity contribution in [2.24, 2.45) is 0 Å². The molecule has 0 aliphatic rings. The quantitative estimate of drug-likeness (QED) is 0.414. The SMILES string of the molecule is COc1ccc(C=C(Br)C(=O)c2cc(OC)c(OC)c(OC)c2)cc1N. The monoisotopic (exact) mass is 421 g/mol. The Balaban J connectivity index is 2.40. The van der Waals surface area contributed by atoms with Crippen LogP contribution in [0.1, 0.15) is 15.9 Å². The number of nitrogens with two attached hydrogens (primary N) is 1. The van der Waals surface area contributed by atoms with E-state index in [1.165, 1.54) is 21.3 Å². The summed E-state index contributed by atoms with van der Waals surface area (Å²) in [7, 11) is 6.05. The number of hydrogen-bond acceptors (Lipinski definition) is 6. The number of anilines is 1. The summed E-state index contributed by atoms with van der Waals surface area (Å²) >= 11 is 3.33. The molecule has 0 aliphatic heterocycles. The predicted molar refractivity (Wildman–Crippen MR) is 105 cm³/mol. The zero-order valence-electron chi connectivity index (χ0n) is 15.0.